The first-order chi connectivity index (χ1) is 7.79. The molecule has 0 aliphatic rings. The molecule has 2 rings (SSSR count). The SMILES string of the molecule is O=C(CBr)Nc1nnc(-c2ccccc2)s1. The van der Waals surface area contributed by atoms with Crippen molar-refractivity contribution >= 4 is 38.3 Å². The second-order valence-electron chi connectivity index (χ2n) is 2.96. The molecule has 1 amide bonds. The first-order valence-electron chi connectivity index (χ1n) is 4.54. The van der Waals surface area contributed by atoms with Crippen LogP contribution < -0.4 is 5.32 Å². The number of alkyl halides is 1. The summed E-state index contributed by atoms with van der Waals surface area (Å²) in [5.74, 6) is -0.129. The fraction of sp³-hybridized carbons (Fsp3) is 0.100. The van der Waals surface area contributed by atoms with Crippen LogP contribution in [0.3, 0.4) is 0 Å². The summed E-state index contributed by atoms with van der Waals surface area (Å²) in [5.41, 5.74) is 0.999. The number of aromatic nitrogens is 2. The van der Waals surface area contributed by atoms with E-state index in [2.05, 4.69) is 31.4 Å². The van der Waals surface area contributed by atoms with Crippen LogP contribution >= 0.6 is 27.3 Å². The molecule has 0 saturated carbocycles. The molecule has 0 bridgehead atoms. The van der Waals surface area contributed by atoms with Gasteiger partial charge in [0.05, 0.1) is 5.33 Å². The van der Waals surface area contributed by atoms with E-state index in [1.807, 2.05) is 30.3 Å². The number of halogens is 1. The molecule has 1 aromatic heterocycles. The van der Waals surface area contributed by atoms with E-state index in [0.29, 0.717) is 5.13 Å². The van der Waals surface area contributed by atoms with E-state index in [1.54, 1.807) is 0 Å². The Bertz CT molecular complexity index is 486. The standard InChI is InChI=1S/C10H8BrN3OS/c11-6-8(15)12-10-14-13-9(16-10)7-4-2-1-3-5-7/h1-5H,6H2,(H,12,14,15). The molecule has 2 aromatic rings. The first kappa shape index (κ1) is 11.2. The van der Waals surface area contributed by atoms with Gasteiger partial charge in [-0.05, 0) is 0 Å². The lowest BCUT2D eigenvalue weighted by Crippen LogP contribution is -2.11. The van der Waals surface area contributed by atoms with Crippen LogP contribution in [-0.2, 0) is 4.79 Å². The molecule has 0 aliphatic heterocycles. The molecular weight excluding hydrogens is 290 g/mol. The number of anilines is 1. The van der Waals surface area contributed by atoms with E-state index in [1.165, 1.54) is 11.3 Å². The first-order valence-corrected chi connectivity index (χ1v) is 6.48. The predicted molar refractivity (Wildman–Crippen MR) is 67.8 cm³/mol. The second kappa shape index (κ2) is 5.18. The van der Waals surface area contributed by atoms with Crippen molar-refractivity contribution in [1.29, 1.82) is 0 Å². The largest absolute Gasteiger partial charge is 0.300 e. The van der Waals surface area contributed by atoms with Gasteiger partial charge in [-0.1, -0.05) is 57.6 Å². The van der Waals surface area contributed by atoms with Crippen LogP contribution in [-0.4, -0.2) is 21.4 Å². The average Bonchev–Trinajstić information content (AvgIpc) is 2.78. The van der Waals surface area contributed by atoms with Gasteiger partial charge in [-0.2, -0.15) is 0 Å². The van der Waals surface area contributed by atoms with Gasteiger partial charge in [0.15, 0.2) is 0 Å². The molecular formula is C10H8BrN3OS. The predicted octanol–water partition coefficient (Wildman–Crippen LogP) is 2.54. The van der Waals surface area contributed by atoms with Gasteiger partial charge in [-0.25, -0.2) is 0 Å². The minimum absolute atomic E-state index is 0.129. The van der Waals surface area contributed by atoms with Gasteiger partial charge in [0.1, 0.15) is 5.01 Å². The van der Waals surface area contributed by atoms with Crippen molar-refractivity contribution in [2.75, 3.05) is 10.6 Å². The Labute approximate surface area is 105 Å². The van der Waals surface area contributed by atoms with Gasteiger partial charge in [0, 0.05) is 5.56 Å². The van der Waals surface area contributed by atoms with Crippen LogP contribution in [0.2, 0.25) is 0 Å². The van der Waals surface area contributed by atoms with Crippen LogP contribution in [0.25, 0.3) is 10.6 Å². The molecule has 4 nitrogen and oxygen atoms in total. The molecule has 0 saturated heterocycles. The third-order valence-corrected chi connectivity index (χ3v) is 3.21. The molecule has 1 N–H and O–H groups in total. The maximum absolute atomic E-state index is 11.1. The number of carbonyl (C=O) groups is 1. The summed E-state index contributed by atoms with van der Waals surface area (Å²) in [7, 11) is 0. The molecule has 0 spiro atoms. The number of carbonyl (C=O) groups excluding carboxylic acids is 1. The molecule has 16 heavy (non-hydrogen) atoms. The Kier molecular flexibility index (Phi) is 3.63. The fourth-order valence-corrected chi connectivity index (χ4v) is 2.03. The number of rotatable bonds is 3. The molecule has 0 unspecified atom stereocenters. The minimum atomic E-state index is -0.129. The molecule has 0 atom stereocenters. The summed E-state index contributed by atoms with van der Waals surface area (Å²) in [5, 5.41) is 12.1. The van der Waals surface area contributed by atoms with E-state index in [-0.39, 0.29) is 11.2 Å². The van der Waals surface area contributed by atoms with Crippen LogP contribution in [0.5, 0.6) is 0 Å². The number of nitrogens with one attached hydrogen (secondary N) is 1. The maximum Gasteiger partial charge on any atom is 0.236 e. The highest BCUT2D eigenvalue weighted by Gasteiger charge is 2.07. The van der Waals surface area contributed by atoms with E-state index in [4.69, 9.17) is 0 Å². The second-order valence-corrected chi connectivity index (χ2v) is 4.50. The lowest BCUT2D eigenvalue weighted by molar-refractivity contribution is -0.113. The summed E-state index contributed by atoms with van der Waals surface area (Å²) in [6.45, 7) is 0. The molecule has 0 fully saturated rings. The van der Waals surface area contributed by atoms with Crippen molar-refractivity contribution in [2.24, 2.45) is 0 Å². The smallest absolute Gasteiger partial charge is 0.236 e. The molecule has 82 valence electrons. The Morgan fingerprint density at radius 1 is 1.31 bits per heavy atom. The zero-order chi connectivity index (χ0) is 11.4. The van der Waals surface area contributed by atoms with Crippen molar-refractivity contribution in [3.8, 4) is 10.6 Å². The summed E-state index contributed by atoms with van der Waals surface area (Å²) < 4.78 is 0. The lowest BCUT2D eigenvalue weighted by Gasteiger charge is -1.94. The normalized spacial score (nSPS) is 10.1. The Morgan fingerprint density at radius 2 is 2.06 bits per heavy atom. The van der Waals surface area contributed by atoms with E-state index < -0.39 is 0 Å². The maximum atomic E-state index is 11.1. The van der Waals surface area contributed by atoms with Crippen molar-refractivity contribution in [1.82, 2.24) is 10.2 Å². The fourth-order valence-electron chi connectivity index (χ4n) is 1.12. The van der Waals surface area contributed by atoms with Crippen LogP contribution in [0, 0.1) is 0 Å². The van der Waals surface area contributed by atoms with Crippen LogP contribution in [0.15, 0.2) is 30.3 Å². The number of hydrogen-bond acceptors (Lipinski definition) is 4. The Balaban J connectivity index is 2.17. The number of hydrogen-bond donors (Lipinski definition) is 1. The molecule has 0 aliphatic carbocycles. The van der Waals surface area contributed by atoms with Gasteiger partial charge >= 0.3 is 0 Å². The number of benzene rings is 1. The third kappa shape index (κ3) is 2.65. The van der Waals surface area contributed by atoms with Crippen molar-refractivity contribution in [3.63, 3.8) is 0 Å². The summed E-state index contributed by atoms with van der Waals surface area (Å²) in [6, 6.07) is 9.73. The Morgan fingerprint density at radius 3 is 2.75 bits per heavy atom. The molecule has 6 heteroatoms. The van der Waals surface area contributed by atoms with Crippen LogP contribution in [0.4, 0.5) is 5.13 Å². The van der Waals surface area contributed by atoms with Gasteiger partial charge < -0.3 is 0 Å². The zero-order valence-electron chi connectivity index (χ0n) is 8.18. The summed E-state index contributed by atoms with van der Waals surface area (Å²) in [6.07, 6.45) is 0. The van der Waals surface area contributed by atoms with Crippen LogP contribution in [0.1, 0.15) is 0 Å². The molecule has 1 aromatic carbocycles. The van der Waals surface area contributed by atoms with Gasteiger partial charge in [-0.3, -0.25) is 10.1 Å². The number of nitrogens with zero attached hydrogens (tertiary/aromatic N) is 2. The van der Waals surface area contributed by atoms with E-state index in [9.17, 15) is 4.79 Å². The molecule has 1 heterocycles. The monoisotopic (exact) mass is 297 g/mol. The van der Waals surface area contributed by atoms with Crippen molar-refractivity contribution in [3.05, 3.63) is 30.3 Å². The van der Waals surface area contributed by atoms with Gasteiger partial charge in [0.2, 0.25) is 11.0 Å². The molecule has 0 radical (unpaired) electrons. The topological polar surface area (TPSA) is 54.9 Å². The third-order valence-electron chi connectivity index (χ3n) is 1.81. The minimum Gasteiger partial charge on any atom is -0.300 e. The lowest BCUT2D eigenvalue weighted by atomic mass is 10.2. The van der Waals surface area contributed by atoms with E-state index >= 15 is 0 Å². The summed E-state index contributed by atoms with van der Waals surface area (Å²) in [4.78, 5) is 11.1. The van der Waals surface area contributed by atoms with Crippen molar-refractivity contribution in [2.45, 2.75) is 0 Å². The van der Waals surface area contributed by atoms with E-state index in [0.717, 1.165) is 10.6 Å². The summed E-state index contributed by atoms with van der Waals surface area (Å²) >= 11 is 4.42. The Hall–Kier alpha value is -1.27. The number of amides is 1. The average molecular weight is 298 g/mol. The van der Waals surface area contributed by atoms with Gasteiger partial charge in [-0.15, -0.1) is 10.2 Å². The van der Waals surface area contributed by atoms with Crippen molar-refractivity contribution < 1.29 is 4.79 Å². The highest BCUT2D eigenvalue weighted by atomic mass is 79.9. The highest BCUT2D eigenvalue weighted by molar-refractivity contribution is 9.09. The van der Waals surface area contributed by atoms with Gasteiger partial charge in [0.25, 0.3) is 0 Å². The zero-order valence-corrected chi connectivity index (χ0v) is 10.6. The quantitative estimate of drug-likeness (QED) is 0.886. The highest BCUT2D eigenvalue weighted by Crippen LogP contribution is 2.25.